The van der Waals surface area contributed by atoms with Crippen LogP contribution in [0.25, 0.3) is 0 Å². The predicted octanol–water partition coefficient (Wildman–Crippen LogP) is 2.99. The highest BCUT2D eigenvalue weighted by atomic mass is 32.2. The highest BCUT2D eigenvalue weighted by molar-refractivity contribution is 7.89. The number of sulfonamides is 1. The molecule has 1 aromatic heterocycles. The van der Waals surface area contributed by atoms with E-state index in [2.05, 4.69) is 11.6 Å². The van der Waals surface area contributed by atoms with Gasteiger partial charge in [-0.2, -0.15) is 0 Å². The first-order chi connectivity index (χ1) is 9.94. The molecule has 122 valence electrons. The topological polar surface area (TPSA) is 85.3 Å². The molecule has 0 aliphatic rings. The molecule has 1 rings (SSSR count). The molecule has 0 unspecified atom stereocenters. The number of rotatable bonds is 10. The third-order valence-electron chi connectivity index (χ3n) is 3.62. The lowest BCUT2D eigenvalue weighted by Crippen LogP contribution is -2.26. The van der Waals surface area contributed by atoms with Gasteiger partial charge in [-0.25, -0.2) is 13.1 Å². The molecule has 5 nitrogen and oxygen atoms in total. The number of hydrogen-bond acceptors (Lipinski definition) is 4. The average Bonchev–Trinajstić information content (AvgIpc) is 2.72. The van der Waals surface area contributed by atoms with Gasteiger partial charge in [0.15, 0.2) is 0 Å². The first-order valence-corrected chi connectivity index (χ1v) is 9.21. The van der Waals surface area contributed by atoms with Gasteiger partial charge < -0.3 is 10.2 Å². The van der Waals surface area contributed by atoms with Crippen LogP contribution in [-0.4, -0.2) is 15.0 Å². The third kappa shape index (κ3) is 5.13. The van der Waals surface area contributed by atoms with Crippen LogP contribution in [0.1, 0.15) is 62.5 Å². The first-order valence-electron chi connectivity index (χ1n) is 7.72. The van der Waals surface area contributed by atoms with E-state index in [1.807, 2.05) is 0 Å². The van der Waals surface area contributed by atoms with Gasteiger partial charge in [-0.05, 0) is 20.3 Å². The molecular formula is C15H28N2O3S. The van der Waals surface area contributed by atoms with Crippen LogP contribution in [0.2, 0.25) is 0 Å². The lowest BCUT2D eigenvalue weighted by Gasteiger charge is -2.07. The van der Waals surface area contributed by atoms with Crippen molar-refractivity contribution in [1.29, 1.82) is 0 Å². The van der Waals surface area contributed by atoms with Crippen molar-refractivity contribution in [2.75, 3.05) is 6.54 Å². The van der Waals surface area contributed by atoms with Crippen LogP contribution in [-0.2, 0) is 16.6 Å². The largest absolute Gasteiger partial charge is 0.465 e. The van der Waals surface area contributed by atoms with Crippen LogP contribution in [0.3, 0.4) is 0 Å². The van der Waals surface area contributed by atoms with Crippen molar-refractivity contribution in [2.24, 2.45) is 5.73 Å². The first kappa shape index (κ1) is 18.2. The van der Waals surface area contributed by atoms with Crippen molar-refractivity contribution >= 4 is 10.0 Å². The molecule has 0 amide bonds. The van der Waals surface area contributed by atoms with Gasteiger partial charge in [-0.1, -0.05) is 39.0 Å². The Morgan fingerprint density at radius 2 is 1.67 bits per heavy atom. The number of nitrogens with one attached hydrogen (secondary N) is 1. The molecule has 1 heterocycles. The van der Waals surface area contributed by atoms with Crippen LogP contribution >= 0.6 is 0 Å². The van der Waals surface area contributed by atoms with Crippen LogP contribution in [0.4, 0.5) is 0 Å². The summed E-state index contributed by atoms with van der Waals surface area (Å²) in [5, 5.41) is 0. The summed E-state index contributed by atoms with van der Waals surface area (Å²) in [5.41, 5.74) is 6.20. The lowest BCUT2D eigenvalue weighted by molar-refractivity contribution is 0.493. The third-order valence-corrected chi connectivity index (χ3v) is 5.28. The molecule has 0 bridgehead atoms. The van der Waals surface area contributed by atoms with Gasteiger partial charge in [-0.15, -0.1) is 0 Å². The Morgan fingerprint density at radius 1 is 1.05 bits per heavy atom. The summed E-state index contributed by atoms with van der Waals surface area (Å²) in [4.78, 5) is 0.216. The predicted molar refractivity (Wildman–Crippen MR) is 84.6 cm³/mol. The molecule has 0 atom stereocenters. The number of hydrogen-bond donors (Lipinski definition) is 2. The van der Waals surface area contributed by atoms with Crippen molar-refractivity contribution in [3.05, 3.63) is 17.1 Å². The van der Waals surface area contributed by atoms with Gasteiger partial charge in [0.25, 0.3) is 0 Å². The smallest absolute Gasteiger partial charge is 0.244 e. The summed E-state index contributed by atoms with van der Waals surface area (Å²) in [6.45, 7) is 6.20. The fourth-order valence-electron chi connectivity index (χ4n) is 2.48. The molecule has 1 aromatic rings. The zero-order chi connectivity index (χ0) is 15.9. The minimum atomic E-state index is -3.53. The van der Waals surface area contributed by atoms with E-state index in [-0.39, 0.29) is 11.4 Å². The number of furan rings is 1. The second kappa shape index (κ2) is 8.56. The van der Waals surface area contributed by atoms with Crippen LogP contribution < -0.4 is 10.5 Å². The van der Waals surface area contributed by atoms with Gasteiger partial charge in [0.2, 0.25) is 10.0 Å². The normalized spacial score (nSPS) is 12.0. The van der Waals surface area contributed by atoms with Crippen molar-refractivity contribution in [3.63, 3.8) is 0 Å². The van der Waals surface area contributed by atoms with E-state index in [1.54, 1.807) is 13.8 Å². The fraction of sp³-hybridized carbons (Fsp3) is 0.733. The van der Waals surface area contributed by atoms with Crippen LogP contribution in [0, 0.1) is 13.8 Å². The molecular weight excluding hydrogens is 288 g/mol. The maximum atomic E-state index is 12.4. The Bertz CT molecular complexity index is 535. The van der Waals surface area contributed by atoms with E-state index in [9.17, 15) is 8.42 Å². The minimum Gasteiger partial charge on any atom is -0.465 e. The van der Waals surface area contributed by atoms with Crippen molar-refractivity contribution in [1.82, 2.24) is 4.72 Å². The molecule has 0 spiro atoms. The van der Waals surface area contributed by atoms with Crippen molar-refractivity contribution < 1.29 is 12.8 Å². The van der Waals surface area contributed by atoms with Gasteiger partial charge in [0, 0.05) is 18.7 Å². The van der Waals surface area contributed by atoms with Gasteiger partial charge in [0.05, 0.1) is 0 Å². The summed E-state index contributed by atoms with van der Waals surface area (Å²) in [5.74, 6) is 0.985. The molecule has 3 N–H and O–H groups in total. The van der Waals surface area contributed by atoms with Gasteiger partial charge in [-0.3, -0.25) is 0 Å². The molecule has 0 fully saturated rings. The Morgan fingerprint density at radius 3 is 2.29 bits per heavy atom. The molecule has 0 radical (unpaired) electrons. The lowest BCUT2D eigenvalue weighted by atomic mass is 10.1. The molecule has 0 aromatic carbocycles. The van der Waals surface area contributed by atoms with Gasteiger partial charge in [0.1, 0.15) is 16.4 Å². The Labute approximate surface area is 128 Å². The summed E-state index contributed by atoms with van der Waals surface area (Å²) in [6, 6.07) is 0. The standard InChI is InChI=1S/C15H28N2O3S/c1-4-5-6-7-8-9-10-17-21(18,19)15-13(3)20-12(2)14(15)11-16/h17H,4-11,16H2,1-3H3. The summed E-state index contributed by atoms with van der Waals surface area (Å²) >= 11 is 0. The summed E-state index contributed by atoms with van der Waals surface area (Å²) in [6.07, 6.45) is 6.76. The molecule has 0 aliphatic carbocycles. The number of unbranched alkanes of at least 4 members (excludes halogenated alkanes) is 5. The van der Waals surface area contributed by atoms with Crippen molar-refractivity contribution in [3.8, 4) is 0 Å². The van der Waals surface area contributed by atoms with Crippen LogP contribution in [0.15, 0.2) is 9.31 Å². The monoisotopic (exact) mass is 316 g/mol. The SMILES string of the molecule is CCCCCCCCNS(=O)(=O)c1c(C)oc(C)c1CN. The van der Waals surface area contributed by atoms with E-state index in [0.717, 1.165) is 19.3 Å². The van der Waals surface area contributed by atoms with E-state index in [4.69, 9.17) is 10.2 Å². The highest BCUT2D eigenvalue weighted by Crippen LogP contribution is 2.25. The van der Waals surface area contributed by atoms with E-state index >= 15 is 0 Å². The van der Waals surface area contributed by atoms with E-state index in [0.29, 0.717) is 23.6 Å². The van der Waals surface area contributed by atoms with Crippen LogP contribution in [0.5, 0.6) is 0 Å². The Balaban J connectivity index is 2.55. The maximum absolute atomic E-state index is 12.4. The van der Waals surface area contributed by atoms with Crippen molar-refractivity contribution in [2.45, 2.75) is 70.7 Å². The number of nitrogens with two attached hydrogens (primary N) is 1. The molecule has 0 saturated heterocycles. The zero-order valence-corrected chi connectivity index (χ0v) is 14.2. The molecule has 0 aliphatic heterocycles. The summed E-state index contributed by atoms with van der Waals surface area (Å²) < 4.78 is 32.8. The Kier molecular flexibility index (Phi) is 7.42. The fourth-order valence-corrected chi connectivity index (χ4v) is 4.01. The molecule has 0 saturated carbocycles. The molecule has 21 heavy (non-hydrogen) atoms. The molecule has 6 heteroatoms. The number of aryl methyl sites for hydroxylation is 2. The highest BCUT2D eigenvalue weighted by Gasteiger charge is 2.25. The minimum absolute atomic E-state index is 0.163. The van der Waals surface area contributed by atoms with E-state index < -0.39 is 10.0 Å². The average molecular weight is 316 g/mol. The second-order valence-electron chi connectivity index (χ2n) is 5.39. The Hall–Kier alpha value is -0.850. The quantitative estimate of drug-likeness (QED) is 0.650. The second-order valence-corrected chi connectivity index (χ2v) is 7.10. The maximum Gasteiger partial charge on any atom is 0.244 e. The zero-order valence-electron chi connectivity index (χ0n) is 13.4. The summed E-state index contributed by atoms with van der Waals surface area (Å²) in [7, 11) is -3.53. The van der Waals surface area contributed by atoms with E-state index in [1.165, 1.54) is 19.3 Å². The van der Waals surface area contributed by atoms with Gasteiger partial charge >= 0.3 is 0 Å².